The number of carbonyl (C=O) groups is 1. The van der Waals surface area contributed by atoms with E-state index < -0.39 is 12.0 Å². The molecule has 1 fully saturated rings. The van der Waals surface area contributed by atoms with E-state index in [-0.39, 0.29) is 5.92 Å². The number of rotatable bonds is 3. The summed E-state index contributed by atoms with van der Waals surface area (Å²) in [5.41, 5.74) is 0. The summed E-state index contributed by atoms with van der Waals surface area (Å²) in [4.78, 5) is 11.4. The summed E-state index contributed by atoms with van der Waals surface area (Å²) in [6.07, 6.45) is 10.3. The maximum Gasteiger partial charge on any atom is 0.326 e. The van der Waals surface area contributed by atoms with Gasteiger partial charge in [-0.3, -0.25) is 0 Å². The minimum Gasteiger partial charge on any atom is -0.480 e. The SMILES string of the molecule is O=C(O)[C@@H]([C@@H]1C[C@H]2C=C[C@H]1C2)n1cccc1. The molecule has 2 aliphatic rings. The molecular weight excluding hydrogens is 202 g/mol. The van der Waals surface area contributed by atoms with Crippen LogP contribution < -0.4 is 0 Å². The van der Waals surface area contributed by atoms with Gasteiger partial charge in [0.2, 0.25) is 0 Å². The number of carboxylic acid groups (broad SMARTS) is 1. The van der Waals surface area contributed by atoms with E-state index in [0.717, 1.165) is 12.8 Å². The summed E-state index contributed by atoms with van der Waals surface area (Å²) < 4.78 is 1.83. The van der Waals surface area contributed by atoms with Gasteiger partial charge >= 0.3 is 5.97 Å². The molecule has 0 spiro atoms. The second-order valence-electron chi connectivity index (χ2n) is 4.86. The Balaban J connectivity index is 1.90. The Hall–Kier alpha value is -1.51. The van der Waals surface area contributed by atoms with Crippen LogP contribution in [0.25, 0.3) is 0 Å². The molecule has 3 rings (SSSR count). The molecule has 16 heavy (non-hydrogen) atoms. The van der Waals surface area contributed by atoms with Gasteiger partial charge in [-0.05, 0) is 42.7 Å². The van der Waals surface area contributed by atoms with E-state index in [1.165, 1.54) is 0 Å². The molecule has 0 aromatic carbocycles. The van der Waals surface area contributed by atoms with Crippen molar-refractivity contribution >= 4 is 5.97 Å². The van der Waals surface area contributed by atoms with E-state index in [0.29, 0.717) is 11.8 Å². The Morgan fingerprint density at radius 1 is 1.25 bits per heavy atom. The molecule has 2 aliphatic carbocycles. The van der Waals surface area contributed by atoms with E-state index in [1.54, 1.807) is 0 Å². The molecule has 1 heterocycles. The lowest BCUT2D eigenvalue weighted by molar-refractivity contribution is -0.143. The van der Waals surface area contributed by atoms with Gasteiger partial charge in [0, 0.05) is 12.4 Å². The maximum atomic E-state index is 11.4. The van der Waals surface area contributed by atoms with Crippen LogP contribution in [0.15, 0.2) is 36.7 Å². The Morgan fingerprint density at radius 3 is 2.50 bits per heavy atom. The molecule has 1 N–H and O–H groups in total. The van der Waals surface area contributed by atoms with Gasteiger partial charge < -0.3 is 9.67 Å². The second kappa shape index (κ2) is 3.51. The summed E-state index contributed by atoms with van der Waals surface area (Å²) in [6.45, 7) is 0. The highest BCUT2D eigenvalue weighted by Gasteiger charge is 2.43. The lowest BCUT2D eigenvalue weighted by atomic mass is 9.86. The average Bonchev–Trinajstić information content (AvgIpc) is 2.91. The van der Waals surface area contributed by atoms with Gasteiger partial charge in [-0.2, -0.15) is 0 Å². The van der Waals surface area contributed by atoms with Crippen LogP contribution in [0.3, 0.4) is 0 Å². The normalized spacial score (nSPS) is 33.1. The van der Waals surface area contributed by atoms with Crippen molar-refractivity contribution in [3.05, 3.63) is 36.7 Å². The fourth-order valence-electron chi connectivity index (χ4n) is 3.25. The highest BCUT2D eigenvalue weighted by Crippen LogP contribution is 2.48. The average molecular weight is 217 g/mol. The van der Waals surface area contributed by atoms with Crippen molar-refractivity contribution in [1.82, 2.24) is 4.57 Å². The zero-order chi connectivity index (χ0) is 11.1. The van der Waals surface area contributed by atoms with Crippen LogP contribution in [0.1, 0.15) is 18.9 Å². The first kappa shape index (κ1) is 9.70. The topological polar surface area (TPSA) is 42.2 Å². The minimum absolute atomic E-state index is 0.264. The Kier molecular flexibility index (Phi) is 2.13. The van der Waals surface area contributed by atoms with Crippen molar-refractivity contribution < 1.29 is 9.90 Å². The zero-order valence-electron chi connectivity index (χ0n) is 8.99. The second-order valence-corrected chi connectivity index (χ2v) is 4.86. The highest BCUT2D eigenvalue weighted by molar-refractivity contribution is 5.72. The lowest BCUT2D eigenvalue weighted by Gasteiger charge is -2.26. The van der Waals surface area contributed by atoms with Gasteiger partial charge in [-0.1, -0.05) is 12.2 Å². The van der Waals surface area contributed by atoms with Crippen molar-refractivity contribution in [3.63, 3.8) is 0 Å². The van der Waals surface area contributed by atoms with E-state index >= 15 is 0 Å². The van der Waals surface area contributed by atoms with Crippen molar-refractivity contribution in [2.24, 2.45) is 17.8 Å². The van der Waals surface area contributed by atoms with Crippen LogP contribution in [0.5, 0.6) is 0 Å². The smallest absolute Gasteiger partial charge is 0.326 e. The fraction of sp³-hybridized carbons (Fsp3) is 0.462. The first-order valence-corrected chi connectivity index (χ1v) is 5.79. The van der Waals surface area contributed by atoms with Crippen molar-refractivity contribution in [1.29, 1.82) is 0 Å². The first-order valence-electron chi connectivity index (χ1n) is 5.79. The molecular formula is C13H15NO2. The summed E-state index contributed by atoms with van der Waals surface area (Å²) in [6, 6.07) is 3.38. The standard InChI is InChI=1S/C13H15NO2/c15-13(16)12(14-5-1-2-6-14)11-8-9-3-4-10(11)7-9/h1-6,9-12H,7-8H2,(H,15,16)/t9-,10-,11+,12+/m0/s1. The monoisotopic (exact) mass is 217 g/mol. The zero-order valence-corrected chi connectivity index (χ0v) is 8.99. The number of carboxylic acids is 1. The predicted molar refractivity (Wildman–Crippen MR) is 59.9 cm³/mol. The quantitative estimate of drug-likeness (QED) is 0.789. The first-order chi connectivity index (χ1) is 7.75. The maximum absolute atomic E-state index is 11.4. The van der Waals surface area contributed by atoms with Crippen LogP contribution in [0.2, 0.25) is 0 Å². The number of aliphatic carboxylic acids is 1. The van der Waals surface area contributed by atoms with E-state index in [9.17, 15) is 9.90 Å². The summed E-state index contributed by atoms with van der Waals surface area (Å²) in [5, 5.41) is 9.39. The van der Waals surface area contributed by atoms with E-state index in [2.05, 4.69) is 12.2 Å². The number of fused-ring (bicyclic) bond motifs is 2. The summed E-state index contributed by atoms with van der Waals surface area (Å²) in [5.74, 6) is 0.642. The lowest BCUT2D eigenvalue weighted by Crippen LogP contribution is -2.28. The number of nitrogens with zero attached hydrogens (tertiary/aromatic N) is 1. The molecule has 3 heteroatoms. The molecule has 0 saturated heterocycles. The third kappa shape index (κ3) is 1.39. The van der Waals surface area contributed by atoms with Crippen LogP contribution in [0.4, 0.5) is 0 Å². The third-order valence-electron chi connectivity index (χ3n) is 3.94. The van der Waals surface area contributed by atoms with E-state index in [4.69, 9.17) is 0 Å². The number of hydrogen-bond acceptors (Lipinski definition) is 1. The van der Waals surface area contributed by atoms with Gasteiger partial charge in [-0.25, -0.2) is 4.79 Å². The Labute approximate surface area is 94.4 Å². The highest BCUT2D eigenvalue weighted by atomic mass is 16.4. The molecule has 4 atom stereocenters. The number of allylic oxidation sites excluding steroid dienone is 2. The summed E-state index contributed by atoms with van der Waals surface area (Å²) in [7, 11) is 0. The molecule has 3 nitrogen and oxygen atoms in total. The van der Waals surface area contributed by atoms with Gasteiger partial charge in [0.15, 0.2) is 0 Å². The van der Waals surface area contributed by atoms with Crippen LogP contribution in [0, 0.1) is 17.8 Å². The van der Waals surface area contributed by atoms with Gasteiger partial charge in [0.25, 0.3) is 0 Å². The van der Waals surface area contributed by atoms with Gasteiger partial charge in [-0.15, -0.1) is 0 Å². The molecule has 0 amide bonds. The Morgan fingerprint density at radius 2 is 2.00 bits per heavy atom. The number of aromatic nitrogens is 1. The molecule has 0 radical (unpaired) electrons. The third-order valence-corrected chi connectivity index (χ3v) is 3.94. The van der Waals surface area contributed by atoms with Crippen LogP contribution in [-0.2, 0) is 4.79 Å². The molecule has 1 aromatic heterocycles. The molecule has 0 aliphatic heterocycles. The van der Waals surface area contributed by atoms with Crippen molar-refractivity contribution in [3.8, 4) is 0 Å². The molecule has 84 valence electrons. The molecule has 0 unspecified atom stereocenters. The molecule has 1 aromatic rings. The van der Waals surface area contributed by atoms with Crippen LogP contribution >= 0.6 is 0 Å². The van der Waals surface area contributed by atoms with Gasteiger partial charge in [0.05, 0.1) is 0 Å². The fourth-order valence-corrected chi connectivity index (χ4v) is 3.25. The predicted octanol–water partition coefficient (Wildman–Crippen LogP) is 2.33. The largest absolute Gasteiger partial charge is 0.480 e. The van der Waals surface area contributed by atoms with Gasteiger partial charge in [0.1, 0.15) is 6.04 Å². The van der Waals surface area contributed by atoms with Crippen molar-refractivity contribution in [2.75, 3.05) is 0 Å². The number of hydrogen-bond donors (Lipinski definition) is 1. The minimum atomic E-state index is -0.706. The Bertz CT molecular complexity index is 421. The van der Waals surface area contributed by atoms with Crippen molar-refractivity contribution in [2.45, 2.75) is 18.9 Å². The van der Waals surface area contributed by atoms with E-state index in [1.807, 2.05) is 29.1 Å². The van der Waals surface area contributed by atoms with Crippen LogP contribution in [-0.4, -0.2) is 15.6 Å². The summed E-state index contributed by atoms with van der Waals surface area (Å²) >= 11 is 0. The molecule has 1 saturated carbocycles. The molecule has 2 bridgehead atoms.